The van der Waals surface area contributed by atoms with Gasteiger partial charge in [-0.15, -0.1) is 6.58 Å². The Bertz CT molecular complexity index is 264. The molecule has 0 atom stereocenters. The largest absolute Gasteiger partial charge is 0.497 e. The van der Waals surface area contributed by atoms with E-state index >= 15 is 0 Å². The third-order valence-corrected chi connectivity index (χ3v) is 1.71. The highest BCUT2D eigenvalue weighted by molar-refractivity contribution is 5.69. The molecule has 0 saturated carbocycles. The molecule has 0 fully saturated rings. The van der Waals surface area contributed by atoms with E-state index in [1.165, 1.54) is 0 Å². The molecule has 14 heavy (non-hydrogen) atoms. The fourth-order valence-corrected chi connectivity index (χ4v) is 0.988. The molecule has 0 aromatic carbocycles. The van der Waals surface area contributed by atoms with Crippen LogP contribution in [-0.2, 0) is 14.3 Å². The number of carbonyl (C=O) groups excluding carboxylic acids is 1. The molecular formula is C11H14O3. The highest BCUT2D eigenvalue weighted by Crippen LogP contribution is 2.05. The van der Waals surface area contributed by atoms with E-state index in [0.29, 0.717) is 19.4 Å². The number of carbonyl (C=O) groups is 1. The van der Waals surface area contributed by atoms with Gasteiger partial charge in [0.05, 0.1) is 6.26 Å². The molecule has 3 nitrogen and oxygen atoms in total. The lowest BCUT2D eigenvalue weighted by Gasteiger charge is -2.08. The maximum Gasteiger partial charge on any atom is 0.306 e. The van der Waals surface area contributed by atoms with Crippen LogP contribution in [0.5, 0.6) is 0 Å². The molecule has 0 radical (unpaired) electrons. The molecule has 0 N–H and O–H groups in total. The third kappa shape index (κ3) is 3.94. The molecule has 0 spiro atoms. The predicted octanol–water partition coefficient (Wildman–Crippen LogP) is 1.97. The zero-order chi connectivity index (χ0) is 10.2. The van der Waals surface area contributed by atoms with Gasteiger partial charge in [-0.25, -0.2) is 0 Å². The van der Waals surface area contributed by atoms with E-state index in [0.717, 1.165) is 5.57 Å². The lowest BCUT2D eigenvalue weighted by molar-refractivity contribution is -0.142. The maximum atomic E-state index is 11.1. The minimum Gasteiger partial charge on any atom is -0.497 e. The molecule has 0 unspecified atom stereocenters. The van der Waals surface area contributed by atoms with Gasteiger partial charge in [0.15, 0.2) is 0 Å². The molecule has 0 amide bonds. The standard InChI is InChI=1S/C11H14O3/c1-2-3-6-11(12)14-9-10-5-4-7-13-8-10/h2,4-5,8H,1,3,6-7,9H2. The van der Waals surface area contributed by atoms with Gasteiger partial charge in [-0.3, -0.25) is 4.79 Å². The molecule has 0 aromatic rings. The summed E-state index contributed by atoms with van der Waals surface area (Å²) in [5.74, 6) is -0.204. The van der Waals surface area contributed by atoms with Crippen LogP contribution in [0.25, 0.3) is 0 Å². The van der Waals surface area contributed by atoms with Gasteiger partial charge >= 0.3 is 5.97 Å². The average Bonchev–Trinajstić information content (AvgIpc) is 2.25. The second-order valence-electron chi connectivity index (χ2n) is 2.92. The van der Waals surface area contributed by atoms with Crippen molar-refractivity contribution in [3.63, 3.8) is 0 Å². The number of rotatable bonds is 5. The summed E-state index contributed by atoms with van der Waals surface area (Å²) in [6.07, 6.45) is 8.13. The van der Waals surface area contributed by atoms with Gasteiger partial charge in [-0.1, -0.05) is 12.2 Å². The van der Waals surface area contributed by atoms with Crippen molar-refractivity contribution in [3.8, 4) is 0 Å². The van der Waals surface area contributed by atoms with Crippen molar-refractivity contribution in [1.82, 2.24) is 0 Å². The SMILES string of the molecule is C=CCCC(=O)OCC1=COCC=C1. The topological polar surface area (TPSA) is 35.5 Å². The summed E-state index contributed by atoms with van der Waals surface area (Å²) in [6, 6.07) is 0. The Hall–Kier alpha value is -1.51. The average molecular weight is 194 g/mol. The summed E-state index contributed by atoms with van der Waals surface area (Å²) in [5, 5.41) is 0. The van der Waals surface area contributed by atoms with Crippen molar-refractivity contribution in [2.45, 2.75) is 12.8 Å². The third-order valence-electron chi connectivity index (χ3n) is 1.71. The minimum atomic E-state index is -0.204. The van der Waals surface area contributed by atoms with Gasteiger partial charge in [-0.2, -0.15) is 0 Å². The highest BCUT2D eigenvalue weighted by atomic mass is 16.5. The second-order valence-corrected chi connectivity index (χ2v) is 2.92. The van der Waals surface area contributed by atoms with Crippen LogP contribution in [0.1, 0.15) is 12.8 Å². The Kier molecular flexibility index (Phi) is 4.55. The quantitative estimate of drug-likeness (QED) is 0.495. The zero-order valence-electron chi connectivity index (χ0n) is 8.07. The maximum absolute atomic E-state index is 11.1. The summed E-state index contributed by atoms with van der Waals surface area (Å²) in [4.78, 5) is 11.1. The van der Waals surface area contributed by atoms with Gasteiger partial charge in [-0.05, 0) is 12.5 Å². The molecule has 1 heterocycles. The first-order valence-electron chi connectivity index (χ1n) is 4.56. The Morgan fingerprint density at radius 3 is 3.21 bits per heavy atom. The van der Waals surface area contributed by atoms with Crippen molar-refractivity contribution in [2.75, 3.05) is 13.2 Å². The van der Waals surface area contributed by atoms with Crippen LogP contribution in [0.3, 0.4) is 0 Å². The monoisotopic (exact) mass is 194 g/mol. The lowest BCUT2D eigenvalue weighted by Crippen LogP contribution is -2.07. The lowest BCUT2D eigenvalue weighted by atomic mass is 10.2. The fourth-order valence-electron chi connectivity index (χ4n) is 0.988. The van der Waals surface area contributed by atoms with Crippen LogP contribution in [0.15, 0.2) is 36.6 Å². The van der Waals surface area contributed by atoms with Crippen molar-refractivity contribution in [3.05, 3.63) is 36.6 Å². The summed E-state index contributed by atoms with van der Waals surface area (Å²) < 4.78 is 10.0. The summed E-state index contributed by atoms with van der Waals surface area (Å²) in [5.41, 5.74) is 0.878. The van der Waals surface area contributed by atoms with E-state index in [4.69, 9.17) is 9.47 Å². The molecule has 0 aromatic heterocycles. The molecule has 76 valence electrons. The number of ether oxygens (including phenoxy) is 2. The fraction of sp³-hybridized carbons (Fsp3) is 0.364. The highest BCUT2D eigenvalue weighted by Gasteiger charge is 2.03. The Labute approximate surface area is 83.7 Å². The van der Waals surface area contributed by atoms with Crippen molar-refractivity contribution >= 4 is 5.97 Å². The minimum absolute atomic E-state index is 0.204. The summed E-state index contributed by atoms with van der Waals surface area (Å²) in [7, 11) is 0. The van der Waals surface area contributed by atoms with Crippen molar-refractivity contribution < 1.29 is 14.3 Å². The van der Waals surface area contributed by atoms with Crippen molar-refractivity contribution in [2.24, 2.45) is 0 Å². The van der Waals surface area contributed by atoms with E-state index in [-0.39, 0.29) is 12.6 Å². The van der Waals surface area contributed by atoms with Crippen LogP contribution in [-0.4, -0.2) is 19.2 Å². The normalized spacial score (nSPS) is 14.1. The molecule has 0 bridgehead atoms. The molecule has 1 aliphatic heterocycles. The Morgan fingerprint density at radius 1 is 1.71 bits per heavy atom. The van der Waals surface area contributed by atoms with Gasteiger partial charge in [0.1, 0.15) is 13.2 Å². The number of hydrogen-bond donors (Lipinski definition) is 0. The molecule has 1 rings (SSSR count). The predicted molar refractivity (Wildman–Crippen MR) is 53.6 cm³/mol. The van der Waals surface area contributed by atoms with E-state index in [1.807, 2.05) is 12.2 Å². The van der Waals surface area contributed by atoms with Gasteiger partial charge < -0.3 is 9.47 Å². The summed E-state index contributed by atoms with van der Waals surface area (Å²) >= 11 is 0. The second kappa shape index (κ2) is 6.02. The molecule has 1 aliphatic rings. The van der Waals surface area contributed by atoms with E-state index in [1.54, 1.807) is 12.3 Å². The molecule has 0 saturated heterocycles. The van der Waals surface area contributed by atoms with Gasteiger partial charge in [0.2, 0.25) is 0 Å². The first-order valence-corrected chi connectivity index (χ1v) is 4.56. The molecule has 3 heteroatoms. The zero-order valence-corrected chi connectivity index (χ0v) is 8.07. The van der Waals surface area contributed by atoms with E-state index in [9.17, 15) is 4.79 Å². The van der Waals surface area contributed by atoms with E-state index in [2.05, 4.69) is 6.58 Å². The van der Waals surface area contributed by atoms with Crippen LogP contribution >= 0.6 is 0 Å². The first kappa shape index (κ1) is 10.6. The van der Waals surface area contributed by atoms with Crippen LogP contribution < -0.4 is 0 Å². The smallest absolute Gasteiger partial charge is 0.306 e. The molecule has 0 aliphatic carbocycles. The number of esters is 1. The van der Waals surface area contributed by atoms with Crippen LogP contribution in [0, 0.1) is 0 Å². The number of allylic oxidation sites excluding steroid dienone is 1. The van der Waals surface area contributed by atoms with Gasteiger partial charge in [0, 0.05) is 12.0 Å². The number of hydrogen-bond acceptors (Lipinski definition) is 3. The van der Waals surface area contributed by atoms with Gasteiger partial charge in [0.25, 0.3) is 0 Å². The first-order chi connectivity index (χ1) is 6.83. The van der Waals surface area contributed by atoms with Crippen LogP contribution in [0.2, 0.25) is 0 Å². The van der Waals surface area contributed by atoms with E-state index < -0.39 is 0 Å². The Balaban J connectivity index is 2.19. The molecular weight excluding hydrogens is 180 g/mol. The van der Waals surface area contributed by atoms with Crippen molar-refractivity contribution in [1.29, 1.82) is 0 Å². The Morgan fingerprint density at radius 2 is 2.57 bits per heavy atom. The summed E-state index contributed by atoms with van der Waals surface area (Å²) in [6.45, 7) is 4.41. The van der Waals surface area contributed by atoms with Crippen LogP contribution in [0.4, 0.5) is 0 Å².